The van der Waals surface area contributed by atoms with Crippen LogP contribution >= 0.6 is 0 Å². The first-order valence-corrected chi connectivity index (χ1v) is 4.57. The Labute approximate surface area is 76.5 Å². The molecule has 0 saturated heterocycles. The first kappa shape index (κ1) is 17.5. The number of carbonyl (C=O) groups is 1. The van der Waals surface area contributed by atoms with Crippen LogP contribution < -0.4 is 5.32 Å². The Morgan fingerprint density at radius 1 is 1.25 bits per heavy atom. The Morgan fingerprint density at radius 2 is 1.75 bits per heavy atom. The summed E-state index contributed by atoms with van der Waals surface area (Å²) in [7, 11) is 1.64. The molecule has 0 heterocycles. The van der Waals surface area contributed by atoms with Crippen molar-refractivity contribution in [1.29, 1.82) is 0 Å². The summed E-state index contributed by atoms with van der Waals surface area (Å²) in [5, 5.41) is 2.52. The molecule has 3 heteroatoms. The molecule has 0 rings (SSSR count). The molecule has 0 aliphatic rings. The van der Waals surface area contributed by atoms with E-state index in [1.54, 1.807) is 7.11 Å². The zero-order chi connectivity index (χ0) is 10.2. The fraction of sp³-hybridized carbons (Fsp3) is 0.889. The number of carbonyl (C=O) groups excluding carboxylic acids is 1. The molecule has 0 aromatic heterocycles. The summed E-state index contributed by atoms with van der Waals surface area (Å²) in [6.45, 7) is 9.41. The van der Waals surface area contributed by atoms with Gasteiger partial charge >= 0.3 is 0 Å². The van der Waals surface area contributed by atoms with Gasteiger partial charge in [0.2, 0.25) is 6.41 Å². The molecule has 0 saturated carbocycles. The van der Waals surface area contributed by atoms with Crippen molar-refractivity contribution >= 4 is 6.41 Å². The van der Waals surface area contributed by atoms with E-state index in [0.717, 1.165) is 6.42 Å². The number of rotatable bonds is 5. The molecule has 0 aliphatic carbocycles. The summed E-state index contributed by atoms with van der Waals surface area (Å²) < 4.78 is 4.73. The van der Waals surface area contributed by atoms with Crippen LogP contribution in [-0.4, -0.2) is 26.7 Å². The zero-order valence-electron chi connectivity index (χ0n) is 9.02. The van der Waals surface area contributed by atoms with Crippen LogP contribution in [0.2, 0.25) is 0 Å². The molecule has 3 nitrogen and oxygen atoms in total. The lowest BCUT2D eigenvalue weighted by molar-refractivity contribution is -0.109. The Balaban J connectivity index is -0.000000175. The average molecular weight is 177 g/mol. The average Bonchev–Trinajstić information content (AvgIpc) is 2.19. The van der Waals surface area contributed by atoms with Crippen LogP contribution in [0.1, 0.15) is 34.1 Å². The van der Waals surface area contributed by atoms with Gasteiger partial charge < -0.3 is 10.1 Å². The van der Waals surface area contributed by atoms with Gasteiger partial charge in [-0.1, -0.05) is 27.7 Å². The van der Waals surface area contributed by atoms with Gasteiger partial charge in [0.1, 0.15) is 0 Å². The van der Waals surface area contributed by atoms with Crippen molar-refractivity contribution in [2.24, 2.45) is 0 Å². The summed E-state index contributed by atoms with van der Waals surface area (Å²) in [6, 6.07) is 0. The minimum absolute atomic E-state index is 0.690. The second-order valence-electron chi connectivity index (χ2n) is 1.42. The lowest BCUT2D eigenvalue weighted by atomic mass is 10.5. The van der Waals surface area contributed by atoms with E-state index in [2.05, 4.69) is 5.32 Å². The summed E-state index contributed by atoms with van der Waals surface area (Å²) in [5.41, 5.74) is 0. The smallest absolute Gasteiger partial charge is 0.207 e. The Kier molecular flexibility index (Phi) is 45.9. The van der Waals surface area contributed by atoms with Gasteiger partial charge in [-0.05, 0) is 6.42 Å². The Bertz CT molecular complexity index is 58.5. The fourth-order valence-corrected chi connectivity index (χ4v) is 0.377. The summed E-state index contributed by atoms with van der Waals surface area (Å²) in [5.74, 6) is 0. The Hall–Kier alpha value is -0.570. The molecule has 12 heavy (non-hydrogen) atoms. The number of hydrogen-bond donors (Lipinski definition) is 1. The van der Waals surface area contributed by atoms with Gasteiger partial charge in [-0.2, -0.15) is 0 Å². The maximum atomic E-state index is 9.62. The maximum absolute atomic E-state index is 9.62. The molecule has 1 N–H and O–H groups in total. The monoisotopic (exact) mass is 177 g/mol. The van der Waals surface area contributed by atoms with Crippen molar-refractivity contribution < 1.29 is 9.53 Å². The van der Waals surface area contributed by atoms with Gasteiger partial charge in [0.05, 0.1) is 0 Å². The van der Waals surface area contributed by atoms with Crippen molar-refractivity contribution in [2.75, 3.05) is 20.3 Å². The van der Waals surface area contributed by atoms with Crippen molar-refractivity contribution in [2.45, 2.75) is 34.1 Å². The first-order chi connectivity index (χ1) is 5.91. The molecule has 0 unspecified atom stereocenters. The molecule has 0 aromatic rings. The molecule has 1 amide bonds. The fourth-order valence-electron chi connectivity index (χ4n) is 0.377. The lowest BCUT2D eigenvalue weighted by Gasteiger charge is -1.95. The van der Waals surface area contributed by atoms with Crippen LogP contribution in [0.5, 0.6) is 0 Å². The van der Waals surface area contributed by atoms with Crippen LogP contribution in [0, 0.1) is 0 Å². The van der Waals surface area contributed by atoms with E-state index >= 15 is 0 Å². The number of ether oxygens (including phenoxy) is 1. The number of amides is 1. The van der Waals surface area contributed by atoms with Gasteiger partial charge in [0.25, 0.3) is 0 Å². The normalized spacial score (nSPS) is 6.75. The van der Waals surface area contributed by atoms with E-state index in [0.29, 0.717) is 19.6 Å². The molecule has 0 atom stereocenters. The third-order valence-electron chi connectivity index (χ3n) is 0.753. The molecule has 0 spiro atoms. The lowest BCUT2D eigenvalue weighted by Crippen LogP contribution is -2.13. The zero-order valence-corrected chi connectivity index (χ0v) is 9.02. The number of nitrogens with one attached hydrogen (secondary N) is 1. The van der Waals surface area contributed by atoms with Crippen LogP contribution in [-0.2, 0) is 9.53 Å². The van der Waals surface area contributed by atoms with Gasteiger partial charge in [-0.3, -0.25) is 4.79 Å². The summed E-state index contributed by atoms with van der Waals surface area (Å²) in [4.78, 5) is 9.62. The minimum Gasteiger partial charge on any atom is -0.385 e. The van der Waals surface area contributed by atoms with Crippen molar-refractivity contribution in [3.05, 3.63) is 0 Å². The topological polar surface area (TPSA) is 38.3 Å². The molecule has 0 bridgehead atoms. The third kappa shape index (κ3) is 34.1. The van der Waals surface area contributed by atoms with Crippen LogP contribution in [0.25, 0.3) is 0 Å². The predicted octanol–water partition coefficient (Wildman–Crippen LogP) is 1.82. The molecule has 0 fully saturated rings. The van der Waals surface area contributed by atoms with Gasteiger partial charge in [-0.15, -0.1) is 0 Å². The molecule has 0 aromatic carbocycles. The number of hydrogen-bond acceptors (Lipinski definition) is 2. The van der Waals surface area contributed by atoms with E-state index < -0.39 is 0 Å². The molecule has 0 aliphatic heterocycles. The van der Waals surface area contributed by atoms with Crippen molar-refractivity contribution in [3.63, 3.8) is 0 Å². The van der Waals surface area contributed by atoms with Gasteiger partial charge in [0, 0.05) is 20.3 Å². The molecular formula is C9H23NO2. The highest BCUT2D eigenvalue weighted by molar-refractivity contribution is 5.45. The van der Waals surface area contributed by atoms with Gasteiger partial charge in [-0.25, -0.2) is 0 Å². The van der Waals surface area contributed by atoms with Crippen LogP contribution in [0.4, 0.5) is 0 Å². The van der Waals surface area contributed by atoms with E-state index in [9.17, 15) is 4.79 Å². The van der Waals surface area contributed by atoms with E-state index in [4.69, 9.17) is 4.74 Å². The van der Waals surface area contributed by atoms with Crippen molar-refractivity contribution in [3.8, 4) is 0 Å². The SMILES string of the molecule is CC.CC.COCCCNC=O. The molecular weight excluding hydrogens is 154 g/mol. The number of methoxy groups -OCH3 is 1. The maximum Gasteiger partial charge on any atom is 0.207 e. The quantitative estimate of drug-likeness (QED) is 0.514. The second kappa shape index (κ2) is 31.5. The predicted molar refractivity (Wildman–Crippen MR) is 53.3 cm³/mol. The molecule has 0 radical (unpaired) electrons. The van der Waals surface area contributed by atoms with E-state index in [-0.39, 0.29) is 0 Å². The highest BCUT2D eigenvalue weighted by Crippen LogP contribution is 1.73. The Morgan fingerprint density at radius 3 is 2.08 bits per heavy atom. The van der Waals surface area contributed by atoms with Crippen LogP contribution in [0.15, 0.2) is 0 Å². The largest absolute Gasteiger partial charge is 0.385 e. The first-order valence-electron chi connectivity index (χ1n) is 4.57. The standard InChI is InChI=1S/C5H11NO2.2C2H6/c1-8-4-2-3-6-5-7;2*1-2/h5H,2-4H2,1H3,(H,6,7);2*1-2H3. The molecule has 76 valence electrons. The van der Waals surface area contributed by atoms with E-state index in [1.165, 1.54) is 0 Å². The minimum atomic E-state index is 0.690. The van der Waals surface area contributed by atoms with Gasteiger partial charge in [0.15, 0.2) is 0 Å². The van der Waals surface area contributed by atoms with Crippen molar-refractivity contribution in [1.82, 2.24) is 5.32 Å². The highest BCUT2D eigenvalue weighted by atomic mass is 16.5. The summed E-state index contributed by atoms with van der Waals surface area (Å²) >= 11 is 0. The highest BCUT2D eigenvalue weighted by Gasteiger charge is 1.80. The van der Waals surface area contributed by atoms with Crippen LogP contribution in [0.3, 0.4) is 0 Å². The second-order valence-corrected chi connectivity index (χ2v) is 1.42. The third-order valence-corrected chi connectivity index (χ3v) is 0.753. The van der Waals surface area contributed by atoms with E-state index in [1.807, 2.05) is 27.7 Å². The summed E-state index contributed by atoms with van der Waals surface area (Å²) in [6.07, 6.45) is 1.57.